The van der Waals surface area contributed by atoms with Gasteiger partial charge in [0, 0.05) is 21.8 Å². The van der Waals surface area contributed by atoms with E-state index in [0.717, 1.165) is 28.1 Å². The largest absolute Gasteiger partial charge is 0.295 e. The number of para-hydroxylation sites is 1. The summed E-state index contributed by atoms with van der Waals surface area (Å²) in [5.41, 5.74) is 4.78. The highest BCUT2D eigenvalue weighted by Crippen LogP contribution is 2.46. The number of rotatable bonds is 3. The van der Waals surface area contributed by atoms with Gasteiger partial charge in [-0.1, -0.05) is 78.3 Å². The minimum atomic E-state index is -0.354. The summed E-state index contributed by atoms with van der Waals surface area (Å²) >= 11 is 6.57. The van der Waals surface area contributed by atoms with Crippen molar-refractivity contribution < 1.29 is 4.79 Å². The van der Waals surface area contributed by atoms with Gasteiger partial charge in [-0.2, -0.15) is 5.10 Å². The van der Waals surface area contributed by atoms with Crippen LogP contribution in [0.3, 0.4) is 0 Å². The number of nitrogens with zero attached hydrogens (tertiary/aromatic N) is 2. The molecule has 0 fully saturated rings. The molecule has 3 aromatic carbocycles. The van der Waals surface area contributed by atoms with Crippen molar-refractivity contribution in [3.8, 4) is 11.3 Å². The number of benzene rings is 3. The Kier molecular flexibility index (Phi) is 3.99. The monoisotopic (exact) mass is 385 g/mol. The average molecular weight is 386 g/mol. The van der Waals surface area contributed by atoms with Crippen molar-refractivity contribution in [2.45, 2.75) is 6.04 Å². The fraction of sp³-hybridized carbons (Fsp3) is 0.0435. The number of aromatic nitrogens is 2. The first-order valence-electron chi connectivity index (χ1n) is 9.02. The standard InChI is InChI=1S/C23H16ClN3O/c24-18-14-8-7-13-17(18)22-19-20(15-9-3-1-4-10-15)25-26-21(19)23(28)27(22)16-11-5-2-6-12-16/h1-14,22H,(H,25,26). The molecule has 1 unspecified atom stereocenters. The number of anilines is 1. The summed E-state index contributed by atoms with van der Waals surface area (Å²) in [6.45, 7) is 0. The molecule has 0 saturated heterocycles. The summed E-state index contributed by atoms with van der Waals surface area (Å²) in [5.74, 6) is -0.110. The zero-order chi connectivity index (χ0) is 19.1. The molecule has 1 amide bonds. The lowest BCUT2D eigenvalue weighted by molar-refractivity contribution is 0.0989. The smallest absolute Gasteiger partial charge is 0.277 e. The molecule has 2 heterocycles. The molecule has 0 radical (unpaired) electrons. The van der Waals surface area contributed by atoms with E-state index in [1.165, 1.54) is 0 Å². The Balaban J connectivity index is 1.77. The highest BCUT2D eigenvalue weighted by molar-refractivity contribution is 6.31. The van der Waals surface area contributed by atoms with E-state index in [-0.39, 0.29) is 11.9 Å². The van der Waals surface area contributed by atoms with Gasteiger partial charge in [0.2, 0.25) is 0 Å². The zero-order valence-corrected chi connectivity index (χ0v) is 15.6. The molecule has 136 valence electrons. The summed E-state index contributed by atoms with van der Waals surface area (Å²) in [7, 11) is 0. The zero-order valence-electron chi connectivity index (χ0n) is 14.8. The Morgan fingerprint density at radius 2 is 1.50 bits per heavy atom. The fourth-order valence-corrected chi connectivity index (χ4v) is 4.05. The second kappa shape index (κ2) is 6.66. The van der Waals surface area contributed by atoms with Crippen molar-refractivity contribution in [3.63, 3.8) is 0 Å². The number of fused-ring (bicyclic) bond motifs is 1. The molecule has 5 rings (SSSR count). The van der Waals surface area contributed by atoms with Crippen molar-refractivity contribution in [3.05, 3.63) is 107 Å². The summed E-state index contributed by atoms with van der Waals surface area (Å²) in [4.78, 5) is 15.1. The molecular formula is C23H16ClN3O. The van der Waals surface area contributed by atoms with Gasteiger partial charge in [0.25, 0.3) is 5.91 Å². The van der Waals surface area contributed by atoms with Crippen LogP contribution in [-0.4, -0.2) is 16.1 Å². The van der Waals surface area contributed by atoms with Crippen LogP contribution in [0.25, 0.3) is 11.3 Å². The maximum Gasteiger partial charge on any atom is 0.277 e. The highest BCUT2D eigenvalue weighted by Gasteiger charge is 2.43. The molecule has 0 bridgehead atoms. The van der Waals surface area contributed by atoms with Gasteiger partial charge in [-0.25, -0.2) is 0 Å². The molecular weight excluding hydrogens is 370 g/mol. The second-order valence-electron chi connectivity index (χ2n) is 6.66. The van der Waals surface area contributed by atoms with Crippen molar-refractivity contribution in [2.75, 3.05) is 4.90 Å². The first kappa shape index (κ1) is 16.8. The van der Waals surface area contributed by atoms with Crippen LogP contribution in [0.2, 0.25) is 5.02 Å². The molecule has 0 aliphatic carbocycles. The van der Waals surface area contributed by atoms with Gasteiger partial charge in [-0.15, -0.1) is 0 Å². The Morgan fingerprint density at radius 3 is 2.21 bits per heavy atom. The van der Waals surface area contributed by atoms with E-state index in [2.05, 4.69) is 10.2 Å². The molecule has 1 aromatic heterocycles. The predicted octanol–water partition coefficient (Wildman–Crippen LogP) is 5.48. The van der Waals surface area contributed by atoms with Crippen LogP contribution in [0, 0.1) is 0 Å². The molecule has 28 heavy (non-hydrogen) atoms. The Morgan fingerprint density at radius 1 is 0.857 bits per heavy atom. The van der Waals surface area contributed by atoms with Crippen LogP contribution in [0.15, 0.2) is 84.9 Å². The third kappa shape index (κ3) is 2.53. The van der Waals surface area contributed by atoms with Gasteiger partial charge in [0.05, 0.1) is 11.7 Å². The maximum atomic E-state index is 13.3. The van der Waals surface area contributed by atoms with E-state index in [9.17, 15) is 4.79 Å². The lowest BCUT2D eigenvalue weighted by atomic mass is 9.96. The van der Waals surface area contributed by atoms with Crippen molar-refractivity contribution in [1.29, 1.82) is 0 Å². The number of H-pyrrole nitrogens is 1. The van der Waals surface area contributed by atoms with E-state index in [4.69, 9.17) is 11.6 Å². The van der Waals surface area contributed by atoms with Gasteiger partial charge < -0.3 is 0 Å². The number of carbonyl (C=O) groups is 1. The third-order valence-electron chi connectivity index (χ3n) is 5.05. The second-order valence-corrected chi connectivity index (χ2v) is 7.07. The normalized spacial score (nSPS) is 15.7. The maximum absolute atomic E-state index is 13.3. The third-order valence-corrected chi connectivity index (χ3v) is 5.39. The van der Waals surface area contributed by atoms with E-state index in [1.807, 2.05) is 84.9 Å². The molecule has 1 aliphatic heterocycles. The highest BCUT2D eigenvalue weighted by atomic mass is 35.5. The van der Waals surface area contributed by atoms with Gasteiger partial charge in [0.15, 0.2) is 0 Å². The number of nitrogens with one attached hydrogen (secondary N) is 1. The number of hydrogen-bond acceptors (Lipinski definition) is 2. The number of carbonyl (C=O) groups excluding carboxylic acids is 1. The van der Waals surface area contributed by atoms with Crippen molar-refractivity contribution in [2.24, 2.45) is 0 Å². The minimum Gasteiger partial charge on any atom is -0.295 e. The number of aromatic amines is 1. The molecule has 0 spiro atoms. The molecule has 4 nitrogen and oxygen atoms in total. The van der Waals surface area contributed by atoms with Gasteiger partial charge >= 0.3 is 0 Å². The average Bonchev–Trinajstić information content (AvgIpc) is 3.29. The molecule has 1 aliphatic rings. The molecule has 1 N–H and O–H groups in total. The van der Waals surface area contributed by atoms with E-state index >= 15 is 0 Å². The topological polar surface area (TPSA) is 49.0 Å². The minimum absolute atomic E-state index is 0.110. The number of halogens is 1. The van der Waals surface area contributed by atoms with Crippen LogP contribution in [0.1, 0.15) is 27.7 Å². The molecule has 1 atom stereocenters. The van der Waals surface area contributed by atoms with Crippen molar-refractivity contribution in [1.82, 2.24) is 10.2 Å². The van der Waals surface area contributed by atoms with E-state index in [1.54, 1.807) is 4.90 Å². The van der Waals surface area contributed by atoms with Crippen molar-refractivity contribution >= 4 is 23.2 Å². The lowest BCUT2D eigenvalue weighted by Crippen LogP contribution is -2.29. The van der Waals surface area contributed by atoms with E-state index in [0.29, 0.717) is 10.7 Å². The summed E-state index contributed by atoms with van der Waals surface area (Å²) in [6.07, 6.45) is 0. The fourth-order valence-electron chi connectivity index (χ4n) is 3.81. The Bertz CT molecular complexity index is 1150. The lowest BCUT2D eigenvalue weighted by Gasteiger charge is -2.27. The number of amides is 1. The molecule has 0 saturated carbocycles. The predicted molar refractivity (Wildman–Crippen MR) is 111 cm³/mol. The summed E-state index contributed by atoms with van der Waals surface area (Å²) in [5, 5.41) is 8.07. The number of hydrogen-bond donors (Lipinski definition) is 1. The van der Waals surface area contributed by atoms with Gasteiger partial charge in [-0.05, 0) is 23.8 Å². The van der Waals surface area contributed by atoms with Crippen LogP contribution in [-0.2, 0) is 0 Å². The molecule has 4 aromatic rings. The van der Waals surface area contributed by atoms with E-state index < -0.39 is 0 Å². The Labute approximate surface area is 167 Å². The summed E-state index contributed by atoms with van der Waals surface area (Å²) < 4.78 is 0. The first-order valence-corrected chi connectivity index (χ1v) is 9.40. The first-order chi connectivity index (χ1) is 13.8. The Hall–Kier alpha value is -3.37. The SMILES string of the molecule is O=C1c2[nH]nc(-c3ccccc3)c2C(c2ccccc2Cl)N1c1ccccc1. The van der Waals surface area contributed by atoms with Crippen LogP contribution < -0.4 is 4.90 Å². The van der Waals surface area contributed by atoms with Crippen LogP contribution in [0.4, 0.5) is 5.69 Å². The molecule has 5 heteroatoms. The van der Waals surface area contributed by atoms with Gasteiger partial charge in [0.1, 0.15) is 5.69 Å². The van der Waals surface area contributed by atoms with Crippen LogP contribution >= 0.6 is 11.6 Å². The quantitative estimate of drug-likeness (QED) is 0.507. The van der Waals surface area contributed by atoms with Gasteiger partial charge in [-0.3, -0.25) is 14.8 Å². The van der Waals surface area contributed by atoms with Crippen LogP contribution in [0.5, 0.6) is 0 Å². The summed E-state index contributed by atoms with van der Waals surface area (Å²) in [6, 6.07) is 26.8.